The maximum atomic E-state index is 11.6. The van der Waals surface area contributed by atoms with E-state index in [0.29, 0.717) is 11.7 Å². The van der Waals surface area contributed by atoms with Gasteiger partial charge in [-0.25, -0.2) is 4.79 Å². The largest absolute Gasteiger partial charge is 0.481 e. The molecule has 3 aromatic carbocycles. The first kappa shape index (κ1) is 23.3. The molecule has 0 radical (unpaired) electrons. The molecule has 3 aliphatic rings. The number of hydrogen-bond donors (Lipinski definition) is 0. The molecule has 180 valence electrons. The SMILES string of the molecule is COC(=O)COc1ccccc1C=N[C@@H]1C2CCN(CC2)[C@@H]1C(c1ccccc1)c1ccccc1. The van der Waals surface area contributed by atoms with Gasteiger partial charge in [-0.3, -0.25) is 9.89 Å². The Morgan fingerprint density at radius 3 is 2.17 bits per heavy atom. The highest BCUT2D eigenvalue weighted by Crippen LogP contribution is 2.43. The van der Waals surface area contributed by atoms with Crippen LogP contribution in [0.3, 0.4) is 0 Å². The molecule has 0 N–H and O–H groups in total. The Morgan fingerprint density at radius 2 is 1.54 bits per heavy atom. The lowest BCUT2D eigenvalue weighted by Gasteiger charge is -2.52. The summed E-state index contributed by atoms with van der Waals surface area (Å²) in [6.07, 6.45) is 4.30. The zero-order chi connectivity index (χ0) is 24.0. The number of rotatable bonds is 8. The van der Waals surface area contributed by atoms with Gasteiger partial charge in [0.15, 0.2) is 6.61 Å². The molecule has 3 aliphatic heterocycles. The van der Waals surface area contributed by atoms with E-state index in [0.717, 1.165) is 18.7 Å². The first-order chi connectivity index (χ1) is 17.2. The highest BCUT2D eigenvalue weighted by atomic mass is 16.6. The topological polar surface area (TPSA) is 51.1 Å². The number of ether oxygens (including phenoxy) is 2. The van der Waals surface area contributed by atoms with Crippen LogP contribution >= 0.6 is 0 Å². The molecule has 0 saturated carbocycles. The van der Waals surface area contributed by atoms with Crippen molar-refractivity contribution >= 4 is 12.2 Å². The monoisotopic (exact) mass is 468 g/mol. The number of esters is 1. The van der Waals surface area contributed by atoms with E-state index in [9.17, 15) is 4.79 Å². The van der Waals surface area contributed by atoms with Crippen LogP contribution < -0.4 is 4.74 Å². The van der Waals surface area contributed by atoms with E-state index < -0.39 is 5.97 Å². The summed E-state index contributed by atoms with van der Waals surface area (Å²) in [5.74, 6) is 1.04. The molecular weight excluding hydrogens is 436 g/mol. The van der Waals surface area contributed by atoms with Crippen LogP contribution in [0, 0.1) is 5.92 Å². The summed E-state index contributed by atoms with van der Waals surface area (Å²) in [7, 11) is 1.36. The molecule has 2 bridgehead atoms. The van der Waals surface area contributed by atoms with Crippen molar-refractivity contribution in [1.29, 1.82) is 0 Å². The van der Waals surface area contributed by atoms with Gasteiger partial charge in [0.1, 0.15) is 5.75 Å². The van der Waals surface area contributed by atoms with Crippen molar-refractivity contribution in [2.75, 3.05) is 26.8 Å². The number of carbonyl (C=O) groups is 1. The van der Waals surface area contributed by atoms with Gasteiger partial charge in [0.25, 0.3) is 0 Å². The van der Waals surface area contributed by atoms with Crippen molar-refractivity contribution in [2.24, 2.45) is 10.9 Å². The van der Waals surface area contributed by atoms with E-state index in [4.69, 9.17) is 14.5 Å². The number of fused-ring (bicyclic) bond motifs is 3. The van der Waals surface area contributed by atoms with Crippen molar-refractivity contribution < 1.29 is 14.3 Å². The smallest absolute Gasteiger partial charge is 0.343 e. The van der Waals surface area contributed by atoms with E-state index in [2.05, 4.69) is 65.6 Å². The van der Waals surface area contributed by atoms with Crippen LogP contribution in [0.4, 0.5) is 0 Å². The molecule has 0 spiro atoms. The molecule has 3 saturated heterocycles. The zero-order valence-electron chi connectivity index (χ0n) is 20.1. The molecule has 5 nitrogen and oxygen atoms in total. The third kappa shape index (κ3) is 5.15. The molecule has 35 heavy (non-hydrogen) atoms. The van der Waals surface area contributed by atoms with Crippen LogP contribution in [0.25, 0.3) is 0 Å². The van der Waals surface area contributed by atoms with Gasteiger partial charge in [-0.1, -0.05) is 72.8 Å². The molecule has 6 rings (SSSR count). The van der Waals surface area contributed by atoms with E-state index in [-0.39, 0.29) is 24.6 Å². The number of nitrogens with zero attached hydrogens (tertiary/aromatic N) is 2. The van der Waals surface area contributed by atoms with Crippen LogP contribution in [0.5, 0.6) is 5.75 Å². The lowest BCUT2D eigenvalue weighted by atomic mass is 9.71. The molecule has 3 aromatic rings. The second kappa shape index (κ2) is 10.9. The number of carbonyl (C=O) groups excluding carboxylic acids is 1. The fourth-order valence-electron chi connectivity index (χ4n) is 5.66. The first-order valence-electron chi connectivity index (χ1n) is 12.4. The Morgan fingerprint density at radius 1 is 0.943 bits per heavy atom. The lowest BCUT2D eigenvalue weighted by molar-refractivity contribution is -0.142. The number of benzene rings is 3. The summed E-state index contributed by atoms with van der Waals surface area (Å²) < 4.78 is 10.5. The standard InChI is InChI=1S/C30H32N2O3/c1-34-27(33)21-35-26-15-9-8-14-25(26)20-31-29-24-16-18-32(19-17-24)30(29)28(22-10-4-2-5-11-22)23-12-6-3-7-13-23/h2-15,20,24,28-30H,16-19,21H2,1H3/t29-,30-/m1/s1. The van der Waals surface area contributed by atoms with E-state index in [1.807, 2.05) is 30.5 Å². The molecule has 0 amide bonds. The van der Waals surface area contributed by atoms with Crippen LogP contribution in [0.1, 0.15) is 35.4 Å². The summed E-state index contributed by atoms with van der Waals surface area (Å²) in [4.78, 5) is 19.5. The average Bonchev–Trinajstić information content (AvgIpc) is 2.93. The Labute approximate surface area is 207 Å². The number of piperidine rings is 3. The predicted octanol–water partition coefficient (Wildman–Crippen LogP) is 4.95. The third-order valence-corrected chi connectivity index (χ3v) is 7.37. The van der Waals surface area contributed by atoms with Gasteiger partial charge in [0.2, 0.25) is 0 Å². The summed E-state index contributed by atoms with van der Waals surface area (Å²) in [5, 5.41) is 0. The number of para-hydroxylation sites is 1. The van der Waals surface area contributed by atoms with Gasteiger partial charge in [-0.15, -0.1) is 0 Å². The van der Waals surface area contributed by atoms with Crippen LogP contribution in [-0.4, -0.2) is 56.0 Å². The van der Waals surface area contributed by atoms with Gasteiger partial charge in [-0.05, 0) is 55.1 Å². The van der Waals surface area contributed by atoms with Crippen LogP contribution in [-0.2, 0) is 9.53 Å². The third-order valence-electron chi connectivity index (χ3n) is 7.37. The Balaban J connectivity index is 1.49. The minimum Gasteiger partial charge on any atom is -0.481 e. The molecule has 2 atom stereocenters. The molecule has 5 heteroatoms. The summed E-state index contributed by atoms with van der Waals surface area (Å²) >= 11 is 0. The van der Waals surface area contributed by atoms with Gasteiger partial charge in [0.05, 0.1) is 13.2 Å². The van der Waals surface area contributed by atoms with Crippen LogP contribution in [0.15, 0.2) is 89.9 Å². The van der Waals surface area contributed by atoms with E-state index in [1.165, 1.54) is 31.1 Å². The number of hydrogen-bond acceptors (Lipinski definition) is 5. The van der Waals surface area contributed by atoms with Crippen molar-refractivity contribution in [3.63, 3.8) is 0 Å². The maximum Gasteiger partial charge on any atom is 0.343 e. The van der Waals surface area contributed by atoms with E-state index >= 15 is 0 Å². The summed E-state index contributed by atoms with van der Waals surface area (Å²) in [5.41, 5.74) is 3.54. The molecule has 0 unspecified atom stereocenters. The number of methoxy groups -OCH3 is 1. The molecule has 0 aromatic heterocycles. The highest BCUT2D eigenvalue weighted by molar-refractivity contribution is 5.84. The first-order valence-corrected chi connectivity index (χ1v) is 12.4. The lowest BCUT2D eigenvalue weighted by Crippen LogP contribution is -2.59. The molecule has 0 aliphatic carbocycles. The van der Waals surface area contributed by atoms with Crippen LogP contribution in [0.2, 0.25) is 0 Å². The Hall–Kier alpha value is -3.44. The second-order valence-electron chi connectivity index (χ2n) is 9.33. The van der Waals surface area contributed by atoms with Crippen molar-refractivity contribution in [1.82, 2.24) is 4.90 Å². The minimum absolute atomic E-state index is 0.117. The summed E-state index contributed by atoms with van der Waals surface area (Å²) in [6.45, 7) is 2.13. The van der Waals surface area contributed by atoms with Crippen molar-refractivity contribution in [3.05, 3.63) is 102 Å². The summed E-state index contributed by atoms with van der Waals surface area (Å²) in [6, 6.07) is 29.9. The Bertz CT molecular complexity index is 1100. The number of aliphatic imine (C=N–C) groups is 1. The van der Waals surface area contributed by atoms with E-state index in [1.54, 1.807) is 0 Å². The fourth-order valence-corrected chi connectivity index (χ4v) is 5.66. The molecular formula is C30H32N2O3. The average molecular weight is 469 g/mol. The quantitative estimate of drug-likeness (QED) is 0.347. The second-order valence-corrected chi connectivity index (χ2v) is 9.33. The van der Waals surface area contributed by atoms with Crippen molar-refractivity contribution in [2.45, 2.75) is 30.8 Å². The zero-order valence-corrected chi connectivity index (χ0v) is 20.1. The molecule has 3 heterocycles. The highest BCUT2D eigenvalue weighted by Gasteiger charge is 2.46. The van der Waals surface area contributed by atoms with Gasteiger partial charge >= 0.3 is 5.97 Å². The van der Waals surface area contributed by atoms with Gasteiger partial charge < -0.3 is 9.47 Å². The maximum absolute atomic E-state index is 11.6. The molecule has 3 fully saturated rings. The fraction of sp³-hybridized carbons (Fsp3) is 0.333. The minimum atomic E-state index is -0.400. The Kier molecular flexibility index (Phi) is 7.24. The van der Waals surface area contributed by atoms with Gasteiger partial charge in [-0.2, -0.15) is 0 Å². The van der Waals surface area contributed by atoms with Gasteiger partial charge in [0, 0.05) is 23.7 Å². The predicted molar refractivity (Wildman–Crippen MR) is 138 cm³/mol. The normalized spacial score (nSPS) is 23.5. The van der Waals surface area contributed by atoms with Crippen molar-refractivity contribution in [3.8, 4) is 5.75 Å².